The maximum absolute atomic E-state index is 12.2. The third kappa shape index (κ3) is 4.32. The van der Waals surface area contributed by atoms with Crippen molar-refractivity contribution in [2.24, 2.45) is 0 Å². The minimum atomic E-state index is -0.224. The second kappa shape index (κ2) is 7.92. The Kier molecular flexibility index (Phi) is 5.92. The first-order valence-corrected chi connectivity index (χ1v) is 8.25. The van der Waals surface area contributed by atoms with Crippen molar-refractivity contribution in [2.75, 3.05) is 19.5 Å². The van der Waals surface area contributed by atoms with Gasteiger partial charge in [0.1, 0.15) is 0 Å². The second-order valence-electron chi connectivity index (χ2n) is 5.20. The van der Waals surface area contributed by atoms with E-state index in [0.717, 1.165) is 10.6 Å². The highest BCUT2D eigenvalue weighted by Crippen LogP contribution is 2.28. The van der Waals surface area contributed by atoms with Crippen molar-refractivity contribution in [3.63, 3.8) is 0 Å². The van der Waals surface area contributed by atoms with Gasteiger partial charge in [0.25, 0.3) is 0 Å². The normalized spacial score (nSPS) is 10.3. The van der Waals surface area contributed by atoms with Crippen LogP contribution in [0.4, 0.5) is 5.13 Å². The van der Waals surface area contributed by atoms with Crippen LogP contribution in [0.1, 0.15) is 33.8 Å². The van der Waals surface area contributed by atoms with Gasteiger partial charge in [-0.1, -0.05) is 0 Å². The topological polar surface area (TPSA) is 77.5 Å². The first kappa shape index (κ1) is 17.9. The van der Waals surface area contributed by atoms with Gasteiger partial charge in [0.05, 0.1) is 19.9 Å². The van der Waals surface area contributed by atoms with Crippen LogP contribution in [0.5, 0.6) is 11.5 Å². The summed E-state index contributed by atoms with van der Waals surface area (Å²) in [6, 6.07) is 4.95. The number of aromatic nitrogens is 1. The van der Waals surface area contributed by atoms with Gasteiger partial charge < -0.3 is 14.8 Å². The van der Waals surface area contributed by atoms with Crippen LogP contribution in [0.25, 0.3) is 0 Å². The van der Waals surface area contributed by atoms with E-state index in [2.05, 4.69) is 10.3 Å². The summed E-state index contributed by atoms with van der Waals surface area (Å²) in [7, 11) is 3.04. The van der Waals surface area contributed by atoms with Crippen LogP contribution in [0.3, 0.4) is 0 Å². The van der Waals surface area contributed by atoms with Gasteiger partial charge in [-0.05, 0) is 32.0 Å². The molecule has 24 heavy (non-hydrogen) atoms. The second-order valence-corrected chi connectivity index (χ2v) is 6.40. The van der Waals surface area contributed by atoms with Crippen molar-refractivity contribution in [3.05, 3.63) is 34.3 Å². The minimum absolute atomic E-state index is 0.102. The Labute approximate surface area is 144 Å². The SMILES string of the molecule is COc1ccc(C(=O)CCC(=O)Nc2nc(C)c(C)s2)cc1OC. The molecule has 1 aromatic carbocycles. The highest BCUT2D eigenvalue weighted by molar-refractivity contribution is 7.15. The molecule has 0 unspecified atom stereocenters. The number of methoxy groups -OCH3 is 2. The van der Waals surface area contributed by atoms with E-state index in [4.69, 9.17) is 9.47 Å². The Bertz CT molecular complexity index is 736. The molecule has 2 rings (SSSR count). The molecule has 0 bridgehead atoms. The number of ether oxygens (including phenoxy) is 2. The van der Waals surface area contributed by atoms with Crippen LogP contribution < -0.4 is 14.8 Å². The highest BCUT2D eigenvalue weighted by Gasteiger charge is 2.14. The molecule has 6 nitrogen and oxygen atoms in total. The number of nitrogens with one attached hydrogen (secondary N) is 1. The van der Waals surface area contributed by atoms with E-state index in [1.54, 1.807) is 18.2 Å². The lowest BCUT2D eigenvalue weighted by Crippen LogP contribution is -2.13. The number of nitrogens with zero attached hydrogens (tertiary/aromatic N) is 1. The highest BCUT2D eigenvalue weighted by atomic mass is 32.1. The van der Waals surface area contributed by atoms with Crippen LogP contribution in [-0.2, 0) is 4.79 Å². The first-order valence-electron chi connectivity index (χ1n) is 7.43. The molecule has 1 amide bonds. The summed E-state index contributed by atoms with van der Waals surface area (Å²) in [6.45, 7) is 3.84. The lowest BCUT2D eigenvalue weighted by atomic mass is 10.1. The number of thiazole rings is 1. The maximum Gasteiger partial charge on any atom is 0.226 e. The van der Waals surface area contributed by atoms with Crippen molar-refractivity contribution in [2.45, 2.75) is 26.7 Å². The van der Waals surface area contributed by atoms with E-state index in [9.17, 15) is 9.59 Å². The minimum Gasteiger partial charge on any atom is -0.493 e. The first-order chi connectivity index (χ1) is 11.4. The summed E-state index contributed by atoms with van der Waals surface area (Å²) in [5.74, 6) is 0.693. The Balaban J connectivity index is 1.93. The number of Topliss-reactive ketones (excluding diaryl/α,β-unsaturated/α-hetero) is 1. The summed E-state index contributed by atoms with van der Waals surface area (Å²) in [6.07, 6.45) is 0.218. The number of rotatable bonds is 7. The molecule has 7 heteroatoms. The third-order valence-electron chi connectivity index (χ3n) is 3.56. The average molecular weight is 348 g/mol. The smallest absolute Gasteiger partial charge is 0.226 e. The van der Waals surface area contributed by atoms with Gasteiger partial charge in [-0.3, -0.25) is 9.59 Å². The van der Waals surface area contributed by atoms with Crippen molar-refractivity contribution in [3.8, 4) is 11.5 Å². The molecule has 0 atom stereocenters. The van der Waals surface area contributed by atoms with Crippen LogP contribution in [0, 0.1) is 13.8 Å². The van der Waals surface area contributed by atoms with Gasteiger partial charge in [0.2, 0.25) is 5.91 Å². The summed E-state index contributed by atoms with van der Waals surface area (Å²) >= 11 is 1.42. The van der Waals surface area contributed by atoms with Gasteiger partial charge in [0, 0.05) is 23.3 Å². The lowest BCUT2D eigenvalue weighted by molar-refractivity contribution is -0.116. The monoisotopic (exact) mass is 348 g/mol. The quantitative estimate of drug-likeness (QED) is 0.776. The molecular formula is C17H20N2O4S. The Morgan fingerprint density at radius 2 is 1.83 bits per heavy atom. The fourth-order valence-electron chi connectivity index (χ4n) is 2.09. The number of carbonyl (C=O) groups is 2. The number of hydrogen-bond acceptors (Lipinski definition) is 6. The van der Waals surface area contributed by atoms with Crippen LogP contribution >= 0.6 is 11.3 Å². The maximum atomic E-state index is 12.2. The van der Waals surface area contributed by atoms with Crippen molar-refractivity contribution >= 4 is 28.2 Å². The molecule has 0 aliphatic heterocycles. The zero-order valence-electron chi connectivity index (χ0n) is 14.1. The predicted octanol–water partition coefficient (Wildman–Crippen LogP) is 3.38. The zero-order chi connectivity index (χ0) is 17.7. The number of hydrogen-bond donors (Lipinski definition) is 1. The zero-order valence-corrected chi connectivity index (χ0v) is 15.0. The van der Waals surface area contributed by atoms with Crippen LogP contribution in [0.15, 0.2) is 18.2 Å². The standard InChI is InChI=1S/C17H20N2O4S/c1-10-11(2)24-17(18-10)19-16(21)8-6-13(20)12-5-7-14(22-3)15(9-12)23-4/h5,7,9H,6,8H2,1-4H3,(H,18,19,21). The number of aryl methyl sites for hydroxylation is 2. The van der Waals surface area contributed by atoms with E-state index in [1.165, 1.54) is 25.6 Å². The van der Waals surface area contributed by atoms with Gasteiger partial charge in [0.15, 0.2) is 22.4 Å². The molecule has 0 spiro atoms. The molecule has 0 saturated heterocycles. The van der Waals surface area contributed by atoms with Crippen LogP contribution in [-0.4, -0.2) is 30.9 Å². The molecule has 2 aromatic rings. The van der Waals surface area contributed by atoms with Crippen molar-refractivity contribution in [1.82, 2.24) is 4.98 Å². The fraction of sp³-hybridized carbons (Fsp3) is 0.353. The summed E-state index contributed by atoms with van der Waals surface area (Å²) < 4.78 is 10.3. The molecule has 128 valence electrons. The van der Waals surface area contributed by atoms with Gasteiger partial charge in [-0.2, -0.15) is 0 Å². The van der Waals surface area contributed by atoms with Gasteiger partial charge in [-0.25, -0.2) is 4.98 Å². The van der Waals surface area contributed by atoms with Gasteiger partial charge >= 0.3 is 0 Å². The number of carbonyl (C=O) groups excluding carboxylic acids is 2. The van der Waals surface area contributed by atoms with E-state index >= 15 is 0 Å². The Morgan fingerprint density at radius 1 is 1.12 bits per heavy atom. The fourth-order valence-corrected chi connectivity index (χ4v) is 2.92. The summed E-state index contributed by atoms with van der Waals surface area (Å²) in [5.41, 5.74) is 1.39. The Morgan fingerprint density at radius 3 is 2.42 bits per heavy atom. The van der Waals surface area contributed by atoms with E-state index in [0.29, 0.717) is 22.2 Å². The molecule has 0 aliphatic carbocycles. The van der Waals surface area contributed by atoms with Crippen molar-refractivity contribution in [1.29, 1.82) is 0 Å². The Hall–Kier alpha value is -2.41. The summed E-state index contributed by atoms with van der Waals surface area (Å²) in [5, 5.41) is 3.29. The largest absolute Gasteiger partial charge is 0.493 e. The molecule has 1 aromatic heterocycles. The number of ketones is 1. The van der Waals surface area contributed by atoms with E-state index < -0.39 is 0 Å². The van der Waals surface area contributed by atoms with Crippen molar-refractivity contribution < 1.29 is 19.1 Å². The molecule has 1 N–H and O–H groups in total. The van der Waals surface area contributed by atoms with E-state index in [-0.39, 0.29) is 24.5 Å². The van der Waals surface area contributed by atoms with Gasteiger partial charge in [-0.15, -0.1) is 11.3 Å². The number of anilines is 1. The molecule has 0 aliphatic rings. The summed E-state index contributed by atoms with van der Waals surface area (Å²) in [4.78, 5) is 29.5. The molecule has 0 fully saturated rings. The lowest BCUT2D eigenvalue weighted by Gasteiger charge is -2.09. The molecular weight excluding hydrogens is 328 g/mol. The van der Waals surface area contributed by atoms with Crippen LogP contribution in [0.2, 0.25) is 0 Å². The van der Waals surface area contributed by atoms with E-state index in [1.807, 2.05) is 13.8 Å². The number of amides is 1. The molecule has 0 radical (unpaired) electrons. The molecule has 1 heterocycles. The third-order valence-corrected chi connectivity index (χ3v) is 4.55. The molecule has 0 saturated carbocycles. The average Bonchev–Trinajstić information content (AvgIpc) is 2.89. The predicted molar refractivity (Wildman–Crippen MR) is 93.3 cm³/mol. The number of benzene rings is 1.